The summed E-state index contributed by atoms with van der Waals surface area (Å²) in [4.78, 5) is 0. The average molecular weight is 265 g/mol. The van der Waals surface area contributed by atoms with Gasteiger partial charge in [0.2, 0.25) is 0 Å². The lowest BCUT2D eigenvalue weighted by Crippen LogP contribution is -2.31. The van der Waals surface area contributed by atoms with Crippen molar-refractivity contribution >= 4 is 0 Å². The maximum Gasteiger partial charge on any atom is 0.122 e. The molecule has 0 saturated heterocycles. The lowest BCUT2D eigenvalue weighted by Gasteiger charge is -2.37. The molecule has 0 spiro atoms. The van der Waals surface area contributed by atoms with Crippen molar-refractivity contribution in [2.45, 2.75) is 24.8 Å². The number of hydrogen-bond donors (Lipinski definition) is 1. The second-order valence-corrected chi connectivity index (χ2v) is 5.74. The molecule has 1 N–H and O–H groups in total. The standard InChI is InChI=1S/C18H19NO/c1-19-18(16-11-12-4-2-3-5-15(12)16)14-6-7-17-13(10-14)8-9-20-17/h2-7,10,16,18-19H,8-9,11H2,1H3. The quantitative estimate of drug-likeness (QED) is 0.920. The highest BCUT2D eigenvalue weighted by molar-refractivity contribution is 5.46. The van der Waals surface area contributed by atoms with Crippen LogP contribution in [0.1, 0.15) is 34.2 Å². The van der Waals surface area contributed by atoms with E-state index in [0.717, 1.165) is 18.8 Å². The minimum absolute atomic E-state index is 0.399. The SMILES string of the molecule is CNC(c1ccc2c(c1)CCO2)C1Cc2ccccc21. The van der Waals surface area contributed by atoms with Crippen molar-refractivity contribution in [2.75, 3.05) is 13.7 Å². The molecular weight excluding hydrogens is 246 g/mol. The molecule has 2 atom stereocenters. The van der Waals surface area contributed by atoms with Crippen LogP contribution in [-0.2, 0) is 12.8 Å². The Balaban J connectivity index is 1.67. The van der Waals surface area contributed by atoms with Gasteiger partial charge in [0.25, 0.3) is 0 Å². The van der Waals surface area contributed by atoms with E-state index in [1.807, 2.05) is 0 Å². The molecule has 2 nitrogen and oxygen atoms in total. The second kappa shape index (κ2) is 4.64. The fourth-order valence-electron chi connectivity index (χ4n) is 3.60. The van der Waals surface area contributed by atoms with Crippen molar-refractivity contribution in [3.63, 3.8) is 0 Å². The van der Waals surface area contributed by atoms with Gasteiger partial charge in [0.05, 0.1) is 6.61 Å². The van der Waals surface area contributed by atoms with E-state index in [0.29, 0.717) is 12.0 Å². The van der Waals surface area contributed by atoms with Crippen molar-refractivity contribution in [2.24, 2.45) is 0 Å². The van der Waals surface area contributed by atoms with Crippen LogP contribution in [0.25, 0.3) is 0 Å². The highest BCUT2D eigenvalue weighted by Gasteiger charge is 2.33. The normalized spacial score (nSPS) is 20.6. The van der Waals surface area contributed by atoms with Crippen LogP contribution in [0.5, 0.6) is 5.75 Å². The van der Waals surface area contributed by atoms with Crippen molar-refractivity contribution in [1.29, 1.82) is 0 Å². The third-order valence-electron chi connectivity index (χ3n) is 4.68. The molecule has 0 fully saturated rings. The fraction of sp³-hybridized carbons (Fsp3) is 0.333. The first-order valence-corrected chi connectivity index (χ1v) is 7.37. The molecule has 0 aromatic heterocycles. The van der Waals surface area contributed by atoms with E-state index >= 15 is 0 Å². The molecule has 2 aromatic carbocycles. The highest BCUT2D eigenvalue weighted by Crippen LogP contribution is 2.44. The van der Waals surface area contributed by atoms with Gasteiger partial charge < -0.3 is 10.1 Å². The van der Waals surface area contributed by atoms with Crippen molar-refractivity contribution in [3.8, 4) is 5.75 Å². The van der Waals surface area contributed by atoms with E-state index in [1.165, 1.54) is 28.7 Å². The van der Waals surface area contributed by atoms with E-state index < -0.39 is 0 Å². The van der Waals surface area contributed by atoms with Crippen LogP contribution in [0.2, 0.25) is 0 Å². The molecule has 1 aliphatic carbocycles. The van der Waals surface area contributed by atoms with Gasteiger partial charge in [0.1, 0.15) is 5.75 Å². The molecule has 20 heavy (non-hydrogen) atoms. The van der Waals surface area contributed by atoms with Gasteiger partial charge in [0.15, 0.2) is 0 Å². The largest absolute Gasteiger partial charge is 0.493 e. The lowest BCUT2D eigenvalue weighted by molar-refractivity contribution is 0.356. The molecule has 4 rings (SSSR count). The Bertz CT molecular complexity index is 650. The first-order chi connectivity index (χ1) is 9.86. The maximum atomic E-state index is 5.60. The molecule has 0 amide bonds. The summed E-state index contributed by atoms with van der Waals surface area (Å²) in [7, 11) is 2.06. The number of ether oxygens (including phenoxy) is 1. The number of hydrogen-bond acceptors (Lipinski definition) is 2. The van der Waals surface area contributed by atoms with Gasteiger partial charge in [-0.1, -0.05) is 36.4 Å². The molecule has 0 saturated carbocycles. The van der Waals surface area contributed by atoms with Crippen LogP contribution in [0, 0.1) is 0 Å². The van der Waals surface area contributed by atoms with E-state index in [4.69, 9.17) is 4.74 Å². The summed E-state index contributed by atoms with van der Waals surface area (Å²) in [5.41, 5.74) is 5.75. The van der Waals surface area contributed by atoms with E-state index in [1.54, 1.807) is 0 Å². The number of fused-ring (bicyclic) bond motifs is 2. The summed E-state index contributed by atoms with van der Waals surface area (Å²) >= 11 is 0. The predicted octanol–water partition coefficient (Wildman–Crippen LogP) is 3.22. The molecule has 2 unspecified atom stereocenters. The van der Waals surface area contributed by atoms with Crippen LogP contribution in [0.3, 0.4) is 0 Å². The fourth-order valence-corrected chi connectivity index (χ4v) is 3.60. The predicted molar refractivity (Wildman–Crippen MR) is 80.3 cm³/mol. The van der Waals surface area contributed by atoms with Crippen LogP contribution in [0.4, 0.5) is 0 Å². The third kappa shape index (κ3) is 1.75. The van der Waals surface area contributed by atoms with Crippen LogP contribution in [-0.4, -0.2) is 13.7 Å². The Kier molecular flexibility index (Phi) is 2.78. The summed E-state index contributed by atoms with van der Waals surface area (Å²) in [5.74, 6) is 1.66. The maximum absolute atomic E-state index is 5.60. The molecule has 0 radical (unpaired) electrons. The average Bonchev–Trinajstić information content (AvgIpc) is 2.92. The monoisotopic (exact) mass is 265 g/mol. The first-order valence-electron chi connectivity index (χ1n) is 7.37. The summed E-state index contributed by atoms with van der Waals surface area (Å²) in [5, 5.41) is 3.51. The third-order valence-corrected chi connectivity index (χ3v) is 4.68. The molecule has 2 aromatic rings. The Morgan fingerprint density at radius 3 is 2.90 bits per heavy atom. The number of nitrogens with one attached hydrogen (secondary N) is 1. The first kappa shape index (κ1) is 12.0. The highest BCUT2D eigenvalue weighted by atomic mass is 16.5. The van der Waals surface area contributed by atoms with Crippen molar-refractivity contribution < 1.29 is 4.74 Å². The minimum atomic E-state index is 0.399. The second-order valence-electron chi connectivity index (χ2n) is 5.74. The Morgan fingerprint density at radius 2 is 2.05 bits per heavy atom. The van der Waals surface area contributed by atoms with Gasteiger partial charge >= 0.3 is 0 Å². The van der Waals surface area contributed by atoms with Crippen molar-refractivity contribution in [3.05, 3.63) is 64.7 Å². The Labute approximate surface area is 119 Å². The topological polar surface area (TPSA) is 21.3 Å². The Morgan fingerprint density at radius 1 is 1.15 bits per heavy atom. The smallest absolute Gasteiger partial charge is 0.122 e. The summed E-state index contributed by atoms with van der Waals surface area (Å²) < 4.78 is 5.60. The zero-order valence-corrected chi connectivity index (χ0v) is 11.7. The van der Waals surface area contributed by atoms with Crippen molar-refractivity contribution in [1.82, 2.24) is 5.32 Å². The molecule has 1 aliphatic heterocycles. The van der Waals surface area contributed by atoms with Crippen LogP contribution in [0.15, 0.2) is 42.5 Å². The van der Waals surface area contributed by atoms with Gasteiger partial charge in [-0.2, -0.15) is 0 Å². The number of likely N-dealkylation sites (N-methyl/N-ethyl adjacent to an activating group) is 1. The molecular formula is C18H19NO. The van der Waals surface area contributed by atoms with E-state index in [-0.39, 0.29) is 0 Å². The van der Waals surface area contributed by atoms with Crippen LogP contribution >= 0.6 is 0 Å². The molecule has 1 heterocycles. The van der Waals surface area contributed by atoms with Gasteiger partial charge in [-0.3, -0.25) is 0 Å². The zero-order chi connectivity index (χ0) is 13.5. The number of rotatable bonds is 3. The molecule has 102 valence electrons. The molecule has 2 aliphatic rings. The molecule has 0 bridgehead atoms. The molecule has 2 heteroatoms. The zero-order valence-electron chi connectivity index (χ0n) is 11.7. The van der Waals surface area contributed by atoms with Gasteiger partial charge in [-0.25, -0.2) is 0 Å². The summed E-state index contributed by atoms with van der Waals surface area (Å²) in [6.07, 6.45) is 2.22. The lowest BCUT2D eigenvalue weighted by atomic mass is 9.71. The van der Waals surface area contributed by atoms with Gasteiger partial charge in [-0.05, 0) is 41.8 Å². The van der Waals surface area contributed by atoms with Gasteiger partial charge in [-0.15, -0.1) is 0 Å². The van der Waals surface area contributed by atoms with Gasteiger partial charge in [0, 0.05) is 18.4 Å². The van der Waals surface area contributed by atoms with Crippen LogP contribution < -0.4 is 10.1 Å². The Hall–Kier alpha value is -1.80. The van der Waals surface area contributed by atoms with E-state index in [9.17, 15) is 0 Å². The summed E-state index contributed by atoms with van der Waals surface area (Å²) in [6, 6.07) is 15.9. The minimum Gasteiger partial charge on any atom is -0.493 e. The number of benzene rings is 2. The van der Waals surface area contributed by atoms with E-state index in [2.05, 4.69) is 54.8 Å². The summed E-state index contributed by atoms with van der Waals surface area (Å²) in [6.45, 7) is 0.829.